The molecule has 1 aliphatic rings. The van der Waals surface area contributed by atoms with Crippen LogP contribution in [0.1, 0.15) is 6.42 Å². The molecule has 1 unspecified atom stereocenters. The van der Waals surface area contributed by atoms with Gasteiger partial charge in [0, 0.05) is 91.8 Å². The Morgan fingerprint density at radius 1 is 0.295 bits per heavy atom. The smallest absolute Gasteiger partial charge is 0.119 e. The van der Waals surface area contributed by atoms with Crippen LogP contribution in [-0.4, -0.2) is 53.3 Å². The third kappa shape index (κ3) is 12.4. The number of hydrogen-bond donors (Lipinski definition) is 0. The van der Waals surface area contributed by atoms with Gasteiger partial charge in [-0.3, -0.25) is 0 Å². The first-order valence-corrected chi connectivity index (χ1v) is 31.6. The molecule has 468 valence electrons. The van der Waals surface area contributed by atoms with Crippen LogP contribution in [-0.2, 0) is 4.74 Å². The van der Waals surface area contributed by atoms with Gasteiger partial charge in [0.15, 0.2) is 0 Å². The van der Waals surface area contributed by atoms with Gasteiger partial charge in [-0.05, 0) is 253 Å². The van der Waals surface area contributed by atoms with Gasteiger partial charge in [-0.2, -0.15) is 0 Å². The zero-order valence-electron chi connectivity index (χ0n) is 53.8. The number of nitrogens with zero attached hydrogens (tertiary/aromatic N) is 5. The number of methoxy groups -OCH3 is 6. The molecular weight excluding hydrogens is 1170 g/mol. The van der Waals surface area contributed by atoms with E-state index in [0.717, 1.165) is 153 Å². The van der Waals surface area contributed by atoms with Crippen molar-refractivity contribution < 1.29 is 28.4 Å². The number of allylic oxidation sites excluding steroid dienone is 1. The number of aromatic nitrogens is 1. The zero-order chi connectivity index (χ0) is 64.8. The standard InChI is InChI=1S/C84H71N5O6/c1-90-75-42-28-67(29-43-75)85(68-30-44-76(91-2)45-31-68)63-20-12-58(13-21-63)60-16-24-65(25-17-60)87(71-36-50-79(94-5)51-37-71)73-40-54-83-81(56-73)82-57-74(41-55-84(82)89(83)62-10-8-7-9-11-62)88(72-38-52-80(95-6)53-39-72)66-26-18-61(19-27-66)59-14-22-64(23-15-59)86(69-32-46-77(92-3)47-33-69)70-34-48-78(93-4)49-35-70/h7-52,54-57,80H,53H2,1-6H3. The van der Waals surface area contributed by atoms with Crippen molar-refractivity contribution in [3.8, 4) is 56.7 Å². The van der Waals surface area contributed by atoms with E-state index in [2.05, 4.69) is 267 Å². The lowest BCUT2D eigenvalue weighted by Gasteiger charge is -2.29. The van der Waals surface area contributed by atoms with Crippen molar-refractivity contribution >= 4 is 84.4 Å². The fourth-order valence-corrected chi connectivity index (χ4v) is 12.7. The topological polar surface area (TPSA) is 73.3 Å². The molecule has 0 aliphatic heterocycles. The Bertz CT molecular complexity index is 4730. The maximum Gasteiger partial charge on any atom is 0.119 e. The number of ether oxygens (including phenoxy) is 6. The lowest BCUT2D eigenvalue weighted by Crippen LogP contribution is -2.19. The van der Waals surface area contributed by atoms with Crippen LogP contribution in [0.25, 0.3) is 49.7 Å². The molecule has 0 amide bonds. The van der Waals surface area contributed by atoms with E-state index in [4.69, 9.17) is 28.4 Å². The normalized spacial score (nSPS) is 12.7. The minimum absolute atomic E-state index is 0.00784. The summed E-state index contributed by atoms with van der Waals surface area (Å²) in [6, 6.07) is 100. The van der Waals surface area contributed by atoms with Gasteiger partial charge in [-0.15, -0.1) is 0 Å². The molecule has 0 saturated heterocycles. The van der Waals surface area contributed by atoms with E-state index in [1.807, 2.05) is 60.7 Å². The lowest BCUT2D eigenvalue weighted by atomic mass is 10.0. The average Bonchev–Trinajstić information content (AvgIpc) is 1.59. The zero-order valence-corrected chi connectivity index (χ0v) is 53.8. The minimum atomic E-state index is -0.00784. The summed E-state index contributed by atoms with van der Waals surface area (Å²) in [6.07, 6.45) is 7.36. The van der Waals surface area contributed by atoms with Crippen molar-refractivity contribution in [3.05, 3.63) is 309 Å². The third-order valence-corrected chi connectivity index (χ3v) is 17.7. The van der Waals surface area contributed by atoms with Gasteiger partial charge in [0.2, 0.25) is 0 Å². The maximum atomic E-state index is 5.83. The highest BCUT2D eigenvalue weighted by molar-refractivity contribution is 6.12. The van der Waals surface area contributed by atoms with E-state index in [0.29, 0.717) is 0 Å². The van der Waals surface area contributed by atoms with Crippen LogP contribution in [0.15, 0.2) is 309 Å². The van der Waals surface area contributed by atoms with Crippen LogP contribution in [0.5, 0.6) is 28.7 Å². The van der Waals surface area contributed by atoms with Crippen LogP contribution in [0.2, 0.25) is 0 Å². The molecule has 11 nitrogen and oxygen atoms in total. The highest BCUT2D eigenvalue weighted by atomic mass is 16.5. The molecule has 1 aliphatic carbocycles. The fraction of sp³-hybridized carbons (Fsp3) is 0.0952. The Hall–Kier alpha value is -11.9. The first-order valence-electron chi connectivity index (χ1n) is 31.6. The number of hydrogen-bond acceptors (Lipinski definition) is 10. The number of benzene rings is 12. The van der Waals surface area contributed by atoms with Gasteiger partial charge in [-0.1, -0.05) is 78.9 Å². The summed E-state index contributed by atoms with van der Waals surface area (Å²) >= 11 is 0. The Morgan fingerprint density at radius 3 is 0.853 bits per heavy atom. The molecule has 1 heterocycles. The van der Waals surface area contributed by atoms with Crippen molar-refractivity contribution in [1.29, 1.82) is 0 Å². The molecule has 0 bridgehead atoms. The van der Waals surface area contributed by atoms with Crippen LogP contribution in [0.3, 0.4) is 0 Å². The van der Waals surface area contributed by atoms with Gasteiger partial charge in [0.1, 0.15) is 28.7 Å². The van der Waals surface area contributed by atoms with E-state index < -0.39 is 0 Å². The van der Waals surface area contributed by atoms with Crippen LogP contribution in [0.4, 0.5) is 62.6 Å². The quantitative estimate of drug-likeness (QED) is 0.0695. The van der Waals surface area contributed by atoms with E-state index in [1.165, 1.54) is 0 Å². The molecule has 1 atom stereocenters. The molecule has 0 N–H and O–H groups in total. The number of rotatable bonds is 21. The highest BCUT2D eigenvalue weighted by Gasteiger charge is 2.23. The highest BCUT2D eigenvalue weighted by Crippen LogP contribution is 2.45. The predicted octanol–water partition coefficient (Wildman–Crippen LogP) is 21.6. The Labute approximate surface area is 554 Å². The van der Waals surface area contributed by atoms with Crippen LogP contribution >= 0.6 is 0 Å². The van der Waals surface area contributed by atoms with Gasteiger partial charge >= 0.3 is 0 Å². The molecule has 12 aromatic carbocycles. The average molecular weight is 1250 g/mol. The molecule has 11 heteroatoms. The summed E-state index contributed by atoms with van der Waals surface area (Å²) in [7, 11) is 10.2. The van der Waals surface area contributed by atoms with Crippen molar-refractivity contribution in [2.45, 2.75) is 12.5 Å². The monoisotopic (exact) mass is 1250 g/mol. The summed E-state index contributed by atoms with van der Waals surface area (Å²) in [5.74, 6) is 3.98. The maximum absolute atomic E-state index is 5.83. The first kappa shape index (κ1) is 60.6. The van der Waals surface area contributed by atoms with E-state index >= 15 is 0 Å². The van der Waals surface area contributed by atoms with Crippen LogP contribution < -0.4 is 43.3 Å². The van der Waals surface area contributed by atoms with Gasteiger partial charge in [-0.25, -0.2) is 0 Å². The SMILES string of the molecule is COc1ccc(N(c2ccc(OC)cc2)c2ccc(-c3ccc(N(C4=CCC(OC)C=C4)c4ccc5c(c4)c4cc(N(c6ccc(OC)cc6)c6ccc(-c7ccc(N(c8ccc(OC)cc8)c8ccc(OC)cc8)cc7)cc6)ccc4n5-c4ccccc4)cc3)cc2)cc1. The lowest BCUT2D eigenvalue weighted by molar-refractivity contribution is 0.142. The summed E-state index contributed by atoms with van der Waals surface area (Å²) in [5, 5.41) is 2.23. The predicted molar refractivity (Wildman–Crippen MR) is 390 cm³/mol. The van der Waals surface area contributed by atoms with Gasteiger partial charge in [0.05, 0.1) is 52.7 Å². The second kappa shape index (κ2) is 27.1. The molecule has 13 aromatic rings. The van der Waals surface area contributed by atoms with Crippen LogP contribution in [0, 0.1) is 0 Å². The molecule has 1 aromatic heterocycles. The number of fused-ring (bicyclic) bond motifs is 3. The summed E-state index contributed by atoms with van der Waals surface area (Å²) < 4.78 is 36.0. The molecule has 14 rings (SSSR count). The summed E-state index contributed by atoms with van der Waals surface area (Å²) in [5.41, 5.74) is 19.9. The van der Waals surface area contributed by atoms with Crippen molar-refractivity contribution in [1.82, 2.24) is 4.57 Å². The minimum Gasteiger partial charge on any atom is -0.497 e. The second-order valence-electron chi connectivity index (χ2n) is 23.1. The summed E-state index contributed by atoms with van der Waals surface area (Å²) in [6.45, 7) is 0. The first-order chi connectivity index (χ1) is 46.8. The van der Waals surface area contributed by atoms with E-state index in [1.54, 1.807) is 42.7 Å². The van der Waals surface area contributed by atoms with Crippen molar-refractivity contribution in [2.24, 2.45) is 0 Å². The number of para-hydroxylation sites is 1. The van der Waals surface area contributed by atoms with E-state index in [9.17, 15) is 0 Å². The summed E-state index contributed by atoms with van der Waals surface area (Å²) in [4.78, 5) is 9.16. The molecular formula is C84H71N5O6. The molecule has 0 saturated carbocycles. The number of anilines is 11. The molecule has 0 spiro atoms. The fourth-order valence-electron chi connectivity index (χ4n) is 12.7. The van der Waals surface area contributed by atoms with Gasteiger partial charge in [0.25, 0.3) is 0 Å². The Morgan fingerprint density at radius 2 is 0.568 bits per heavy atom. The molecule has 95 heavy (non-hydrogen) atoms. The largest absolute Gasteiger partial charge is 0.497 e. The molecule has 0 fully saturated rings. The van der Waals surface area contributed by atoms with E-state index in [-0.39, 0.29) is 6.10 Å². The Kier molecular flexibility index (Phi) is 17.3. The molecule has 0 radical (unpaired) electrons. The second-order valence-corrected chi connectivity index (χ2v) is 23.1. The third-order valence-electron chi connectivity index (χ3n) is 17.7. The van der Waals surface area contributed by atoms with Gasteiger partial charge < -0.3 is 52.6 Å². The Balaban J connectivity index is 0.822. The van der Waals surface area contributed by atoms with Crippen molar-refractivity contribution in [3.63, 3.8) is 0 Å². The van der Waals surface area contributed by atoms with Crippen molar-refractivity contribution in [2.75, 3.05) is 62.3 Å².